The summed E-state index contributed by atoms with van der Waals surface area (Å²) in [6.45, 7) is 4.58. The molecule has 1 aromatic heterocycles. The van der Waals surface area contributed by atoms with Gasteiger partial charge < -0.3 is 14.9 Å². The number of nitrogens with zero attached hydrogens (tertiary/aromatic N) is 2. The number of benzene rings is 2. The summed E-state index contributed by atoms with van der Waals surface area (Å²) in [5.41, 5.74) is 4.22. The molecule has 2 atom stereocenters. The Morgan fingerprint density at radius 1 is 0.974 bits per heavy atom. The number of aryl methyl sites for hydroxylation is 1. The molecule has 0 spiro atoms. The Kier molecular flexibility index (Phi) is 11.9. The normalized spacial score (nSPS) is 12.2. The van der Waals surface area contributed by atoms with Gasteiger partial charge in [0.25, 0.3) is 0 Å². The largest absolute Gasteiger partial charge is 0.611 e. The van der Waals surface area contributed by atoms with E-state index in [4.69, 9.17) is 4.74 Å². The second kappa shape index (κ2) is 15.6. The van der Waals surface area contributed by atoms with E-state index in [1.165, 1.54) is 5.56 Å². The highest BCUT2D eigenvalue weighted by atomic mass is 31.1. The van der Waals surface area contributed by atoms with Crippen LogP contribution in [0.25, 0.3) is 11.1 Å². The van der Waals surface area contributed by atoms with Crippen LogP contribution in [0.4, 0.5) is 4.79 Å². The molecule has 3 rings (SSSR count). The number of amides is 2. The average Bonchev–Trinajstić information content (AvgIpc) is 2.93. The Balaban J connectivity index is 1.42. The van der Waals surface area contributed by atoms with Crippen molar-refractivity contribution in [2.45, 2.75) is 45.8 Å². The molecule has 2 N–H and O–H groups in total. The van der Waals surface area contributed by atoms with Gasteiger partial charge >= 0.3 is 6.09 Å². The van der Waals surface area contributed by atoms with Gasteiger partial charge in [0.05, 0.1) is 0 Å². The number of rotatable bonds is 13. The summed E-state index contributed by atoms with van der Waals surface area (Å²) in [7, 11) is -2.16. The van der Waals surface area contributed by atoms with E-state index in [2.05, 4.69) is 44.6 Å². The summed E-state index contributed by atoms with van der Waals surface area (Å²) >= 11 is 0. The molecule has 3 aromatic rings. The minimum absolute atomic E-state index is 0.119. The highest BCUT2D eigenvalue weighted by molar-refractivity contribution is 7.39. The number of hydrogen-bond donors (Lipinski definition) is 2. The molecule has 0 saturated heterocycles. The maximum atomic E-state index is 12.8. The van der Waals surface area contributed by atoms with Crippen molar-refractivity contribution in [3.05, 3.63) is 90.3 Å². The lowest BCUT2D eigenvalue weighted by atomic mass is 10.0. The van der Waals surface area contributed by atoms with Crippen molar-refractivity contribution < 1.29 is 19.2 Å². The van der Waals surface area contributed by atoms with Gasteiger partial charge in [-0.2, -0.15) is 0 Å². The van der Waals surface area contributed by atoms with Crippen molar-refractivity contribution in [3.8, 4) is 11.1 Å². The molecule has 2 aromatic carbocycles. The first kappa shape index (κ1) is 29.0. The summed E-state index contributed by atoms with van der Waals surface area (Å²) in [5, 5.41) is 5.38. The molecule has 0 aliphatic carbocycles. The summed E-state index contributed by atoms with van der Waals surface area (Å²) in [6, 6.07) is 20.8. The van der Waals surface area contributed by atoms with Gasteiger partial charge in [-0.25, -0.2) is 4.79 Å². The summed E-state index contributed by atoms with van der Waals surface area (Å²) in [5.74, 6) is -0.0549. The zero-order valence-corrected chi connectivity index (χ0v) is 22.8. The van der Waals surface area contributed by atoms with Crippen molar-refractivity contribution in [2.75, 3.05) is 12.8 Å². The Bertz CT molecular complexity index is 1170. The first-order valence-electron chi connectivity index (χ1n) is 12.8. The van der Waals surface area contributed by atoms with E-state index in [-0.39, 0.29) is 24.7 Å². The molecule has 1 heterocycles. The first-order chi connectivity index (χ1) is 18.4. The topological polar surface area (TPSA) is 116 Å². The van der Waals surface area contributed by atoms with E-state index in [1.807, 2.05) is 62.5 Å². The molecule has 200 valence electrons. The highest BCUT2D eigenvalue weighted by Gasteiger charge is 2.22. The number of alkyl carbamates (subject to hydrolysis) is 1. The number of aromatic nitrogens is 1. The van der Waals surface area contributed by atoms with Crippen LogP contribution in [0, 0.1) is 5.92 Å². The number of hydrogen-bond acceptors (Lipinski definition) is 6. The molecule has 0 radical (unpaired) electrons. The molecule has 0 saturated carbocycles. The summed E-state index contributed by atoms with van der Waals surface area (Å²) < 4.78 is 9.33. The molecule has 2 amide bonds. The van der Waals surface area contributed by atoms with Gasteiger partial charge in [0.2, 0.25) is 5.91 Å². The van der Waals surface area contributed by atoms with Gasteiger partial charge in [-0.1, -0.05) is 79.3 Å². The maximum Gasteiger partial charge on any atom is 0.410 e. The van der Waals surface area contributed by atoms with Crippen LogP contribution in [-0.4, -0.2) is 35.9 Å². The second-order valence-corrected chi connectivity index (χ2v) is 10.6. The SMILES string of the molecule is CC(C)C[C@H](N=[P+]([O-])CNC(=O)OCc1ccccc1)C(=O)NCCCc1ccc(-c2cccnc2)cc1. The third kappa shape index (κ3) is 10.4. The van der Waals surface area contributed by atoms with E-state index >= 15 is 0 Å². The quantitative estimate of drug-likeness (QED) is 0.236. The second-order valence-electron chi connectivity index (χ2n) is 9.34. The molecule has 0 fully saturated rings. The average molecular weight is 535 g/mol. The van der Waals surface area contributed by atoms with E-state index < -0.39 is 20.1 Å². The molecule has 0 aliphatic heterocycles. The van der Waals surface area contributed by atoms with Crippen LogP contribution in [0.15, 0.2) is 83.9 Å². The molecule has 38 heavy (non-hydrogen) atoms. The van der Waals surface area contributed by atoms with Gasteiger partial charge in [0.1, 0.15) is 6.61 Å². The summed E-state index contributed by atoms with van der Waals surface area (Å²) in [6.07, 6.45) is 4.80. The maximum absolute atomic E-state index is 12.8. The van der Waals surface area contributed by atoms with Crippen LogP contribution in [0.1, 0.15) is 37.8 Å². The van der Waals surface area contributed by atoms with Crippen LogP contribution >= 0.6 is 7.94 Å². The standard InChI is InChI=1S/C29H35N4O4P/c1-22(2)18-27(33-38(36)21-32-29(35)37-20-24-8-4-3-5-9-24)28(34)31-17-6-10-23-12-14-25(15-13-23)26-11-7-16-30-19-26/h3-5,7-9,11-16,19,22,27H,6,10,17-18,20-21H2,1-2H3,(H,31,34)(H,32,35)/t27-/m0/s1. The van der Waals surface area contributed by atoms with E-state index in [0.29, 0.717) is 13.0 Å². The first-order valence-corrected chi connectivity index (χ1v) is 14.2. The lowest BCUT2D eigenvalue weighted by Crippen LogP contribution is -2.35. The highest BCUT2D eigenvalue weighted by Crippen LogP contribution is 2.20. The third-order valence-electron chi connectivity index (χ3n) is 5.73. The molecule has 1 unspecified atom stereocenters. The summed E-state index contributed by atoms with van der Waals surface area (Å²) in [4.78, 5) is 41.3. The molecular weight excluding hydrogens is 499 g/mol. The van der Waals surface area contributed by atoms with Crippen molar-refractivity contribution >= 4 is 19.9 Å². The van der Waals surface area contributed by atoms with Crippen LogP contribution < -0.4 is 15.5 Å². The zero-order chi connectivity index (χ0) is 27.2. The number of carbonyl (C=O) groups excluding carboxylic acids is 2. The van der Waals surface area contributed by atoms with Crippen molar-refractivity contribution in [1.82, 2.24) is 15.6 Å². The van der Waals surface area contributed by atoms with Crippen LogP contribution in [-0.2, 0) is 22.6 Å². The fourth-order valence-electron chi connectivity index (χ4n) is 3.78. The predicted octanol–water partition coefficient (Wildman–Crippen LogP) is 5.04. The van der Waals surface area contributed by atoms with Gasteiger partial charge in [0.15, 0.2) is 20.3 Å². The van der Waals surface area contributed by atoms with Crippen molar-refractivity contribution in [2.24, 2.45) is 10.7 Å². The fraction of sp³-hybridized carbons (Fsp3) is 0.345. The molecule has 0 bridgehead atoms. The minimum Gasteiger partial charge on any atom is -0.611 e. The smallest absolute Gasteiger partial charge is 0.410 e. The van der Waals surface area contributed by atoms with E-state index in [0.717, 1.165) is 29.5 Å². The minimum atomic E-state index is -2.16. The van der Waals surface area contributed by atoms with Gasteiger partial charge in [-0.15, -0.1) is 0 Å². The van der Waals surface area contributed by atoms with E-state index in [1.54, 1.807) is 6.20 Å². The molecule has 8 nitrogen and oxygen atoms in total. The van der Waals surface area contributed by atoms with Crippen LogP contribution in [0.2, 0.25) is 0 Å². The molecular formula is C29H35N4O4P. The Hall–Kier alpha value is -3.61. The van der Waals surface area contributed by atoms with Gasteiger partial charge in [0, 0.05) is 18.9 Å². The van der Waals surface area contributed by atoms with Crippen molar-refractivity contribution in [1.29, 1.82) is 0 Å². The lowest BCUT2D eigenvalue weighted by Gasteiger charge is -2.14. The third-order valence-corrected chi connectivity index (χ3v) is 6.69. The number of nitrogens with one attached hydrogen (secondary N) is 2. The Morgan fingerprint density at radius 3 is 2.42 bits per heavy atom. The van der Waals surface area contributed by atoms with Crippen LogP contribution in [0.5, 0.6) is 0 Å². The number of carbonyl (C=O) groups is 2. The number of pyridine rings is 1. The Morgan fingerprint density at radius 2 is 1.74 bits per heavy atom. The predicted molar refractivity (Wildman–Crippen MR) is 148 cm³/mol. The number of ether oxygens (including phenoxy) is 1. The Labute approximate surface area is 225 Å². The lowest BCUT2D eigenvalue weighted by molar-refractivity contribution is -0.156. The van der Waals surface area contributed by atoms with Gasteiger partial charge in [-0.3, -0.25) is 15.1 Å². The monoisotopic (exact) mass is 534 g/mol. The van der Waals surface area contributed by atoms with Crippen molar-refractivity contribution in [3.63, 3.8) is 0 Å². The zero-order valence-electron chi connectivity index (χ0n) is 21.9. The van der Waals surface area contributed by atoms with Crippen LogP contribution in [0.3, 0.4) is 0 Å². The fourth-order valence-corrected chi connectivity index (χ4v) is 4.63. The van der Waals surface area contributed by atoms with E-state index in [9.17, 15) is 14.5 Å². The molecule has 0 aliphatic rings. The molecule has 9 heteroatoms. The van der Waals surface area contributed by atoms with Gasteiger partial charge in [-0.05, 0) is 53.5 Å².